The third kappa shape index (κ3) is 2.96. The molecule has 0 heterocycles. The molecule has 3 rings (SSSR count). The minimum Gasteiger partial charge on any atom is -0.508 e. The highest BCUT2D eigenvalue weighted by atomic mass is 16.3. The van der Waals surface area contributed by atoms with Gasteiger partial charge in [-0.15, -0.1) is 0 Å². The third-order valence-corrected chi connectivity index (χ3v) is 3.71. The molecule has 0 aromatic heterocycles. The largest absolute Gasteiger partial charge is 0.508 e. The Morgan fingerprint density at radius 2 is 1.79 bits per heavy atom. The lowest BCUT2D eigenvalue weighted by Crippen LogP contribution is -2.02. The van der Waals surface area contributed by atoms with Gasteiger partial charge in [-0.05, 0) is 47.6 Å². The van der Waals surface area contributed by atoms with Crippen molar-refractivity contribution in [1.29, 1.82) is 0 Å². The molecule has 0 spiro atoms. The molecule has 1 unspecified atom stereocenters. The van der Waals surface area contributed by atoms with Crippen LogP contribution in [-0.2, 0) is 6.42 Å². The summed E-state index contributed by atoms with van der Waals surface area (Å²) in [6, 6.07) is 15.3. The highest BCUT2D eigenvalue weighted by Gasteiger charge is 2.23. The van der Waals surface area contributed by atoms with E-state index < -0.39 is 6.10 Å². The van der Waals surface area contributed by atoms with Gasteiger partial charge in [0.15, 0.2) is 0 Å². The Morgan fingerprint density at radius 3 is 2.47 bits per heavy atom. The highest BCUT2D eigenvalue weighted by Crippen LogP contribution is 2.40. The number of phenolic OH excluding ortho intramolecular Hbond substituents is 1. The molecule has 1 aliphatic rings. The van der Waals surface area contributed by atoms with Crippen LogP contribution < -0.4 is 0 Å². The van der Waals surface area contributed by atoms with Crippen molar-refractivity contribution in [3.8, 4) is 5.75 Å². The fraction of sp³-hybridized carbons (Fsp3) is 0.294. The summed E-state index contributed by atoms with van der Waals surface area (Å²) < 4.78 is 0. The number of aromatic hydroxyl groups is 1. The first-order valence-electron chi connectivity index (χ1n) is 6.78. The van der Waals surface area contributed by atoms with E-state index in [1.54, 1.807) is 12.1 Å². The van der Waals surface area contributed by atoms with Gasteiger partial charge in [0.25, 0.3) is 0 Å². The van der Waals surface area contributed by atoms with Crippen molar-refractivity contribution in [2.75, 3.05) is 0 Å². The van der Waals surface area contributed by atoms with Gasteiger partial charge in [-0.2, -0.15) is 0 Å². The zero-order valence-electron chi connectivity index (χ0n) is 10.8. The van der Waals surface area contributed by atoms with Crippen LogP contribution in [0.2, 0.25) is 0 Å². The molecule has 1 aliphatic carbocycles. The van der Waals surface area contributed by atoms with Crippen LogP contribution in [0.4, 0.5) is 0 Å². The molecule has 2 N–H and O–H groups in total. The van der Waals surface area contributed by atoms with Crippen LogP contribution in [-0.4, -0.2) is 10.2 Å². The van der Waals surface area contributed by atoms with Gasteiger partial charge < -0.3 is 10.2 Å². The van der Waals surface area contributed by atoms with E-state index in [-0.39, 0.29) is 5.75 Å². The lowest BCUT2D eigenvalue weighted by molar-refractivity contribution is 0.178. The highest BCUT2D eigenvalue weighted by molar-refractivity contribution is 5.32. The van der Waals surface area contributed by atoms with Crippen molar-refractivity contribution in [2.24, 2.45) is 0 Å². The quantitative estimate of drug-likeness (QED) is 0.876. The molecule has 0 saturated heterocycles. The number of hydrogen-bond donors (Lipinski definition) is 2. The maximum absolute atomic E-state index is 10.3. The van der Waals surface area contributed by atoms with E-state index in [1.165, 1.54) is 18.4 Å². The van der Waals surface area contributed by atoms with Crippen LogP contribution in [0.3, 0.4) is 0 Å². The zero-order chi connectivity index (χ0) is 13.2. The van der Waals surface area contributed by atoms with Gasteiger partial charge in [0, 0.05) is 6.42 Å². The third-order valence-electron chi connectivity index (χ3n) is 3.71. The van der Waals surface area contributed by atoms with Crippen molar-refractivity contribution < 1.29 is 10.2 Å². The Hall–Kier alpha value is -1.80. The van der Waals surface area contributed by atoms with Gasteiger partial charge in [0.05, 0.1) is 6.10 Å². The predicted molar refractivity (Wildman–Crippen MR) is 75.2 cm³/mol. The van der Waals surface area contributed by atoms with E-state index in [0.29, 0.717) is 12.3 Å². The Bertz CT molecular complexity index is 556. The first-order valence-corrected chi connectivity index (χ1v) is 6.78. The molecule has 19 heavy (non-hydrogen) atoms. The van der Waals surface area contributed by atoms with Crippen LogP contribution in [0.5, 0.6) is 5.75 Å². The summed E-state index contributed by atoms with van der Waals surface area (Å²) in [4.78, 5) is 0. The molecular weight excluding hydrogens is 236 g/mol. The van der Waals surface area contributed by atoms with Crippen molar-refractivity contribution in [3.63, 3.8) is 0 Å². The summed E-state index contributed by atoms with van der Waals surface area (Å²) in [5.74, 6) is 0.967. The fourth-order valence-corrected chi connectivity index (χ4v) is 2.41. The molecule has 1 fully saturated rings. The van der Waals surface area contributed by atoms with Crippen molar-refractivity contribution in [3.05, 3.63) is 65.2 Å². The summed E-state index contributed by atoms with van der Waals surface area (Å²) in [6.45, 7) is 0. The van der Waals surface area contributed by atoms with Crippen molar-refractivity contribution >= 4 is 0 Å². The van der Waals surface area contributed by atoms with Gasteiger partial charge >= 0.3 is 0 Å². The van der Waals surface area contributed by atoms with Gasteiger partial charge in [-0.3, -0.25) is 0 Å². The summed E-state index contributed by atoms with van der Waals surface area (Å²) in [7, 11) is 0. The number of aliphatic hydroxyl groups is 1. The summed E-state index contributed by atoms with van der Waals surface area (Å²) in [5.41, 5.74) is 3.36. The summed E-state index contributed by atoms with van der Waals surface area (Å²) >= 11 is 0. The number of rotatable bonds is 4. The topological polar surface area (TPSA) is 40.5 Å². The molecular formula is C17H18O2. The Kier molecular flexibility index (Phi) is 3.26. The van der Waals surface area contributed by atoms with Crippen LogP contribution in [0.15, 0.2) is 48.5 Å². The molecule has 2 aromatic rings. The van der Waals surface area contributed by atoms with E-state index in [9.17, 15) is 10.2 Å². The first-order chi connectivity index (χ1) is 9.22. The second-order valence-corrected chi connectivity index (χ2v) is 5.33. The van der Waals surface area contributed by atoms with Crippen molar-refractivity contribution in [1.82, 2.24) is 0 Å². The predicted octanol–water partition coefficient (Wildman–Crippen LogP) is 3.55. The Labute approximate surface area is 113 Å². The Morgan fingerprint density at radius 1 is 1.05 bits per heavy atom. The molecule has 2 heteroatoms. The average molecular weight is 254 g/mol. The molecule has 0 aliphatic heterocycles. The molecule has 0 radical (unpaired) electrons. The first kappa shape index (κ1) is 12.2. The molecule has 0 amide bonds. The monoisotopic (exact) mass is 254 g/mol. The molecule has 2 nitrogen and oxygen atoms in total. The number of hydrogen-bond acceptors (Lipinski definition) is 2. The minimum atomic E-state index is -0.483. The van der Waals surface area contributed by atoms with E-state index in [1.807, 2.05) is 24.3 Å². The van der Waals surface area contributed by atoms with Gasteiger partial charge in [0.1, 0.15) is 5.75 Å². The van der Waals surface area contributed by atoms with Crippen LogP contribution in [0.25, 0.3) is 0 Å². The molecule has 98 valence electrons. The average Bonchev–Trinajstić information content (AvgIpc) is 3.26. The van der Waals surface area contributed by atoms with E-state index in [0.717, 1.165) is 11.1 Å². The minimum absolute atomic E-state index is 0.258. The maximum Gasteiger partial charge on any atom is 0.115 e. The van der Waals surface area contributed by atoms with Crippen LogP contribution in [0.1, 0.15) is 41.6 Å². The van der Waals surface area contributed by atoms with Gasteiger partial charge in [0.2, 0.25) is 0 Å². The van der Waals surface area contributed by atoms with Gasteiger partial charge in [-0.25, -0.2) is 0 Å². The number of phenols is 1. The molecule has 0 bridgehead atoms. The lowest BCUT2D eigenvalue weighted by atomic mass is 9.98. The summed E-state index contributed by atoms with van der Waals surface area (Å²) in [6.07, 6.45) is 2.65. The normalized spacial score (nSPS) is 16.3. The molecule has 2 aromatic carbocycles. The van der Waals surface area contributed by atoms with E-state index in [4.69, 9.17) is 0 Å². The standard InChI is InChI=1S/C17H18O2/c18-16-8-4-12(5-9-16)10-17(19)15-3-1-2-14(11-15)13-6-7-13/h1-5,8-9,11,13,17-19H,6-7,10H2. The van der Waals surface area contributed by atoms with Crippen molar-refractivity contribution in [2.45, 2.75) is 31.3 Å². The smallest absolute Gasteiger partial charge is 0.115 e. The Balaban J connectivity index is 1.74. The number of benzene rings is 2. The zero-order valence-corrected chi connectivity index (χ0v) is 10.8. The second kappa shape index (κ2) is 5.06. The molecule has 1 saturated carbocycles. The van der Waals surface area contributed by atoms with Gasteiger partial charge in [-0.1, -0.05) is 36.4 Å². The van der Waals surface area contributed by atoms with Crippen LogP contribution in [0, 0.1) is 0 Å². The number of aliphatic hydroxyl groups excluding tert-OH is 1. The second-order valence-electron chi connectivity index (χ2n) is 5.33. The lowest BCUT2D eigenvalue weighted by Gasteiger charge is -2.12. The van der Waals surface area contributed by atoms with E-state index in [2.05, 4.69) is 12.1 Å². The SMILES string of the molecule is Oc1ccc(CC(O)c2cccc(C3CC3)c2)cc1. The van der Waals surface area contributed by atoms with Crippen LogP contribution >= 0.6 is 0 Å². The molecule has 1 atom stereocenters. The fourth-order valence-electron chi connectivity index (χ4n) is 2.41. The summed E-state index contributed by atoms with van der Waals surface area (Å²) in [5, 5.41) is 19.6. The van der Waals surface area contributed by atoms with E-state index >= 15 is 0 Å². The maximum atomic E-state index is 10.3.